The predicted molar refractivity (Wildman–Crippen MR) is 71.9 cm³/mol. The van der Waals surface area contributed by atoms with Crippen LogP contribution in [0.15, 0.2) is 36.1 Å². The van der Waals surface area contributed by atoms with Gasteiger partial charge in [-0.05, 0) is 26.3 Å². The summed E-state index contributed by atoms with van der Waals surface area (Å²) in [7, 11) is 0. The van der Waals surface area contributed by atoms with Crippen LogP contribution in [0, 0.1) is 0 Å². The summed E-state index contributed by atoms with van der Waals surface area (Å²) in [6.45, 7) is 7.93. The molecule has 0 aromatic carbocycles. The lowest BCUT2D eigenvalue weighted by Gasteiger charge is -2.16. The molecule has 0 bridgehead atoms. The summed E-state index contributed by atoms with van der Waals surface area (Å²) in [5.41, 5.74) is 1.80. The van der Waals surface area contributed by atoms with Crippen molar-refractivity contribution in [3.8, 4) is 0 Å². The van der Waals surface area contributed by atoms with E-state index >= 15 is 0 Å². The Labute approximate surface area is 108 Å². The Balaban J connectivity index is 2.55. The second-order valence-electron chi connectivity index (χ2n) is 4.38. The van der Waals surface area contributed by atoms with Gasteiger partial charge in [-0.15, -0.1) is 0 Å². The SMILES string of the molecule is C=C(/C=C\C(C)=C/C)NC1CCC(=O)CNC1=O. The Bertz CT molecular complexity index is 408. The second kappa shape index (κ2) is 6.79. The lowest BCUT2D eigenvalue weighted by molar-refractivity contribution is -0.124. The summed E-state index contributed by atoms with van der Waals surface area (Å²) in [6, 6.07) is -0.375. The average molecular weight is 248 g/mol. The number of amides is 1. The van der Waals surface area contributed by atoms with Crippen LogP contribution in [-0.4, -0.2) is 24.3 Å². The van der Waals surface area contributed by atoms with Crippen LogP contribution in [-0.2, 0) is 9.59 Å². The quantitative estimate of drug-likeness (QED) is 0.741. The third kappa shape index (κ3) is 4.57. The number of carbonyl (C=O) groups excluding carboxylic acids is 2. The first-order valence-corrected chi connectivity index (χ1v) is 6.08. The van der Waals surface area contributed by atoms with E-state index in [9.17, 15) is 9.59 Å². The standard InChI is InChI=1S/C14H20N2O2/c1-4-10(2)5-6-11(3)16-13-8-7-12(17)9-15-14(13)18/h4-6,13,16H,3,7-9H2,1-2H3,(H,15,18)/b6-5-,10-4-. The molecule has 1 fully saturated rings. The number of rotatable bonds is 4. The van der Waals surface area contributed by atoms with Crippen LogP contribution in [0.1, 0.15) is 26.7 Å². The average Bonchev–Trinajstić information content (AvgIpc) is 2.51. The third-order valence-corrected chi connectivity index (χ3v) is 2.85. The van der Waals surface area contributed by atoms with E-state index in [2.05, 4.69) is 17.2 Å². The first-order valence-electron chi connectivity index (χ1n) is 6.08. The van der Waals surface area contributed by atoms with Crippen LogP contribution >= 0.6 is 0 Å². The van der Waals surface area contributed by atoms with Crippen molar-refractivity contribution < 1.29 is 9.59 Å². The lowest BCUT2D eigenvalue weighted by Crippen LogP contribution is -2.42. The highest BCUT2D eigenvalue weighted by molar-refractivity contribution is 5.91. The third-order valence-electron chi connectivity index (χ3n) is 2.85. The highest BCUT2D eigenvalue weighted by Crippen LogP contribution is 2.06. The van der Waals surface area contributed by atoms with E-state index in [4.69, 9.17) is 0 Å². The molecular formula is C14H20N2O2. The van der Waals surface area contributed by atoms with Gasteiger partial charge in [0.05, 0.1) is 6.54 Å². The van der Waals surface area contributed by atoms with Gasteiger partial charge < -0.3 is 10.6 Å². The molecular weight excluding hydrogens is 228 g/mol. The van der Waals surface area contributed by atoms with E-state index in [0.29, 0.717) is 18.5 Å². The molecule has 18 heavy (non-hydrogen) atoms. The van der Waals surface area contributed by atoms with E-state index in [1.165, 1.54) is 0 Å². The van der Waals surface area contributed by atoms with Gasteiger partial charge in [0.15, 0.2) is 5.78 Å². The number of ketones is 1. The molecule has 0 aliphatic carbocycles. The molecule has 1 saturated heterocycles. The minimum atomic E-state index is -0.375. The fourth-order valence-electron chi connectivity index (χ4n) is 1.57. The van der Waals surface area contributed by atoms with Crippen molar-refractivity contribution in [1.29, 1.82) is 0 Å². The molecule has 2 N–H and O–H groups in total. The van der Waals surface area contributed by atoms with E-state index in [1.807, 2.05) is 32.1 Å². The molecule has 4 nitrogen and oxygen atoms in total. The maximum Gasteiger partial charge on any atom is 0.242 e. The number of carbonyl (C=O) groups is 2. The number of Topliss-reactive ketones (excluding diaryl/α,β-unsaturated/α-hetero) is 1. The predicted octanol–water partition coefficient (Wildman–Crippen LogP) is 1.46. The zero-order valence-electron chi connectivity index (χ0n) is 11.0. The number of hydrogen-bond donors (Lipinski definition) is 2. The van der Waals surface area contributed by atoms with E-state index in [0.717, 1.165) is 5.57 Å². The Kier molecular flexibility index (Phi) is 5.36. The lowest BCUT2D eigenvalue weighted by atomic mass is 10.1. The van der Waals surface area contributed by atoms with Crippen molar-refractivity contribution in [2.75, 3.05) is 6.54 Å². The molecule has 1 rings (SSSR count). The topological polar surface area (TPSA) is 58.2 Å². The van der Waals surface area contributed by atoms with Gasteiger partial charge in [-0.3, -0.25) is 9.59 Å². The highest BCUT2D eigenvalue weighted by Gasteiger charge is 2.23. The monoisotopic (exact) mass is 248 g/mol. The minimum absolute atomic E-state index is 0.0681. The van der Waals surface area contributed by atoms with Gasteiger partial charge in [-0.2, -0.15) is 0 Å². The second-order valence-corrected chi connectivity index (χ2v) is 4.38. The Hall–Kier alpha value is -1.84. The Morgan fingerprint density at radius 3 is 2.83 bits per heavy atom. The Morgan fingerprint density at radius 2 is 2.17 bits per heavy atom. The van der Waals surface area contributed by atoms with Gasteiger partial charge in [-0.25, -0.2) is 0 Å². The maximum atomic E-state index is 11.7. The molecule has 1 amide bonds. The molecule has 1 unspecified atom stereocenters. The summed E-state index contributed by atoms with van der Waals surface area (Å²) < 4.78 is 0. The zero-order valence-corrected chi connectivity index (χ0v) is 11.0. The summed E-state index contributed by atoms with van der Waals surface area (Å²) in [6.07, 6.45) is 6.67. The molecule has 98 valence electrons. The molecule has 0 aromatic heterocycles. The van der Waals surface area contributed by atoms with Gasteiger partial charge in [0, 0.05) is 12.1 Å². The molecule has 1 aliphatic rings. The number of hydrogen-bond acceptors (Lipinski definition) is 3. The van der Waals surface area contributed by atoms with Crippen LogP contribution < -0.4 is 10.6 Å². The number of allylic oxidation sites excluding steroid dienone is 4. The van der Waals surface area contributed by atoms with E-state index in [1.54, 1.807) is 0 Å². The van der Waals surface area contributed by atoms with Gasteiger partial charge in [0.25, 0.3) is 0 Å². The van der Waals surface area contributed by atoms with Crippen molar-refractivity contribution in [3.63, 3.8) is 0 Å². The minimum Gasteiger partial charge on any atom is -0.374 e. The van der Waals surface area contributed by atoms with Crippen LogP contribution in [0.4, 0.5) is 0 Å². The highest BCUT2D eigenvalue weighted by atomic mass is 16.2. The fraction of sp³-hybridized carbons (Fsp3) is 0.429. The van der Waals surface area contributed by atoms with Crippen LogP contribution in [0.3, 0.4) is 0 Å². The summed E-state index contributed by atoms with van der Waals surface area (Å²) in [5.74, 6) is -0.0725. The van der Waals surface area contributed by atoms with Crippen molar-refractivity contribution in [1.82, 2.24) is 10.6 Å². The summed E-state index contributed by atoms with van der Waals surface area (Å²) in [5, 5.41) is 5.63. The molecule has 0 spiro atoms. The van der Waals surface area contributed by atoms with E-state index < -0.39 is 0 Å². The van der Waals surface area contributed by atoms with Crippen LogP contribution in [0.5, 0.6) is 0 Å². The molecule has 4 heteroatoms. The first-order chi connectivity index (χ1) is 8.52. The largest absolute Gasteiger partial charge is 0.374 e. The van der Waals surface area contributed by atoms with Gasteiger partial charge in [-0.1, -0.05) is 24.3 Å². The van der Waals surface area contributed by atoms with Gasteiger partial charge in [0.2, 0.25) is 5.91 Å². The van der Waals surface area contributed by atoms with Gasteiger partial charge >= 0.3 is 0 Å². The normalized spacial score (nSPS) is 21.7. The molecule has 0 aromatic rings. The molecule has 0 saturated carbocycles. The Morgan fingerprint density at radius 1 is 1.44 bits per heavy atom. The van der Waals surface area contributed by atoms with Crippen LogP contribution in [0.2, 0.25) is 0 Å². The first kappa shape index (κ1) is 14.2. The molecule has 0 radical (unpaired) electrons. The smallest absolute Gasteiger partial charge is 0.242 e. The maximum absolute atomic E-state index is 11.7. The number of nitrogens with one attached hydrogen (secondary N) is 2. The summed E-state index contributed by atoms with van der Waals surface area (Å²) >= 11 is 0. The molecule has 1 heterocycles. The molecule has 1 atom stereocenters. The molecule has 1 aliphatic heterocycles. The van der Waals surface area contributed by atoms with Crippen LogP contribution in [0.25, 0.3) is 0 Å². The van der Waals surface area contributed by atoms with Crippen molar-refractivity contribution in [2.45, 2.75) is 32.7 Å². The zero-order chi connectivity index (χ0) is 13.5. The van der Waals surface area contributed by atoms with Crippen molar-refractivity contribution >= 4 is 11.7 Å². The van der Waals surface area contributed by atoms with Crippen molar-refractivity contribution in [2.24, 2.45) is 0 Å². The van der Waals surface area contributed by atoms with Crippen molar-refractivity contribution in [3.05, 3.63) is 36.1 Å². The van der Waals surface area contributed by atoms with Gasteiger partial charge in [0.1, 0.15) is 6.04 Å². The summed E-state index contributed by atoms with van der Waals surface area (Å²) in [4.78, 5) is 22.9. The fourth-order valence-corrected chi connectivity index (χ4v) is 1.57. The van der Waals surface area contributed by atoms with E-state index in [-0.39, 0.29) is 24.3 Å².